The Labute approximate surface area is 101 Å². The van der Waals surface area contributed by atoms with Crippen LogP contribution in [0.3, 0.4) is 0 Å². The third-order valence-electron chi connectivity index (χ3n) is 3.98. The minimum atomic E-state index is 0.757. The van der Waals surface area contributed by atoms with E-state index in [-0.39, 0.29) is 0 Å². The minimum Gasteiger partial charge on any atom is -0.315 e. The molecule has 1 N–H and O–H groups in total. The van der Waals surface area contributed by atoms with Crippen LogP contribution in [0.5, 0.6) is 0 Å². The Morgan fingerprint density at radius 3 is 2.31 bits per heavy atom. The van der Waals surface area contributed by atoms with E-state index in [1.54, 1.807) is 0 Å². The predicted octanol–water partition coefficient (Wildman–Crippen LogP) is 2.49. The van der Waals surface area contributed by atoms with Crippen LogP contribution in [0.1, 0.15) is 46.5 Å². The fourth-order valence-corrected chi connectivity index (χ4v) is 2.59. The van der Waals surface area contributed by atoms with Gasteiger partial charge in [0, 0.05) is 25.2 Å². The lowest BCUT2D eigenvalue weighted by Gasteiger charge is -2.35. The van der Waals surface area contributed by atoms with Gasteiger partial charge < -0.3 is 5.32 Å². The first-order valence-electron chi connectivity index (χ1n) is 7.18. The van der Waals surface area contributed by atoms with Gasteiger partial charge in [0.05, 0.1) is 0 Å². The number of hydrogen-bond acceptors (Lipinski definition) is 2. The van der Waals surface area contributed by atoms with Crippen molar-refractivity contribution in [3.8, 4) is 0 Å². The van der Waals surface area contributed by atoms with Gasteiger partial charge in [-0.1, -0.05) is 20.8 Å². The zero-order chi connectivity index (χ0) is 11.5. The molecule has 0 bridgehead atoms. The average Bonchev–Trinajstić information content (AvgIpc) is 3.10. The van der Waals surface area contributed by atoms with E-state index in [2.05, 4.69) is 31.0 Å². The molecule has 0 aromatic carbocycles. The summed E-state index contributed by atoms with van der Waals surface area (Å²) < 4.78 is 0. The molecule has 0 saturated heterocycles. The molecule has 0 aliphatic heterocycles. The fraction of sp³-hybridized carbons (Fsp3) is 1.00. The molecule has 0 radical (unpaired) electrons. The maximum Gasteiger partial charge on any atom is 0.0246 e. The molecule has 2 nitrogen and oxygen atoms in total. The molecule has 2 heteroatoms. The summed E-state index contributed by atoms with van der Waals surface area (Å²) in [5, 5.41) is 3.54. The Morgan fingerprint density at radius 2 is 1.88 bits per heavy atom. The highest BCUT2D eigenvalue weighted by Gasteiger charge is 2.38. The molecular formula is C14H28N2. The van der Waals surface area contributed by atoms with E-state index in [1.165, 1.54) is 38.8 Å². The number of rotatable bonds is 8. The largest absolute Gasteiger partial charge is 0.315 e. The van der Waals surface area contributed by atoms with Crippen LogP contribution >= 0.6 is 0 Å². The van der Waals surface area contributed by atoms with Crippen molar-refractivity contribution in [2.45, 2.75) is 58.5 Å². The van der Waals surface area contributed by atoms with E-state index in [0.717, 1.165) is 30.5 Å². The molecule has 1 unspecified atom stereocenters. The van der Waals surface area contributed by atoms with Crippen LogP contribution in [-0.4, -0.2) is 36.6 Å². The summed E-state index contributed by atoms with van der Waals surface area (Å²) in [6.07, 6.45) is 5.86. The molecule has 16 heavy (non-hydrogen) atoms. The summed E-state index contributed by atoms with van der Waals surface area (Å²) in [4.78, 5) is 2.82. The Kier molecular flexibility index (Phi) is 4.26. The second kappa shape index (κ2) is 5.50. The van der Waals surface area contributed by atoms with Crippen molar-refractivity contribution >= 4 is 0 Å². The van der Waals surface area contributed by atoms with E-state index in [4.69, 9.17) is 0 Å². The van der Waals surface area contributed by atoms with Gasteiger partial charge in [0.2, 0.25) is 0 Å². The van der Waals surface area contributed by atoms with E-state index < -0.39 is 0 Å². The predicted molar refractivity (Wildman–Crippen MR) is 69.6 cm³/mol. The molecule has 2 saturated carbocycles. The van der Waals surface area contributed by atoms with Crippen molar-refractivity contribution in [2.24, 2.45) is 11.8 Å². The van der Waals surface area contributed by atoms with Crippen molar-refractivity contribution in [1.82, 2.24) is 10.2 Å². The maximum atomic E-state index is 3.54. The molecule has 2 aliphatic rings. The van der Waals surface area contributed by atoms with Crippen LogP contribution in [0.4, 0.5) is 0 Å². The van der Waals surface area contributed by atoms with E-state index in [1.807, 2.05) is 0 Å². The maximum absolute atomic E-state index is 3.54. The molecule has 0 amide bonds. The van der Waals surface area contributed by atoms with Gasteiger partial charge in [0.15, 0.2) is 0 Å². The van der Waals surface area contributed by atoms with Crippen LogP contribution in [-0.2, 0) is 0 Å². The summed E-state index contributed by atoms with van der Waals surface area (Å²) in [6, 6.07) is 1.68. The number of hydrogen-bond donors (Lipinski definition) is 1. The first-order valence-corrected chi connectivity index (χ1v) is 7.18. The van der Waals surface area contributed by atoms with Gasteiger partial charge in [-0.2, -0.15) is 0 Å². The van der Waals surface area contributed by atoms with E-state index in [0.29, 0.717) is 0 Å². The molecule has 0 aromatic rings. The van der Waals surface area contributed by atoms with Crippen molar-refractivity contribution in [2.75, 3.05) is 19.6 Å². The second-order valence-electron chi connectivity index (χ2n) is 5.99. The van der Waals surface area contributed by atoms with Crippen molar-refractivity contribution in [3.05, 3.63) is 0 Å². The van der Waals surface area contributed by atoms with Crippen LogP contribution < -0.4 is 5.32 Å². The molecule has 0 aromatic heterocycles. The highest BCUT2D eigenvalue weighted by atomic mass is 15.2. The Morgan fingerprint density at radius 1 is 1.19 bits per heavy atom. The van der Waals surface area contributed by atoms with Gasteiger partial charge in [0.1, 0.15) is 0 Å². The monoisotopic (exact) mass is 224 g/mol. The Bertz CT molecular complexity index is 207. The lowest BCUT2D eigenvalue weighted by atomic mass is 10.0. The highest BCUT2D eigenvalue weighted by molar-refractivity contribution is 4.93. The topological polar surface area (TPSA) is 15.3 Å². The summed E-state index contributed by atoms with van der Waals surface area (Å²) in [5.41, 5.74) is 0. The number of nitrogens with one attached hydrogen (secondary N) is 1. The lowest BCUT2D eigenvalue weighted by Crippen LogP contribution is -2.47. The first-order chi connectivity index (χ1) is 7.72. The molecule has 1 atom stereocenters. The zero-order valence-corrected chi connectivity index (χ0v) is 11.2. The van der Waals surface area contributed by atoms with E-state index >= 15 is 0 Å². The smallest absolute Gasteiger partial charge is 0.0246 e. The minimum absolute atomic E-state index is 0.757. The van der Waals surface area contributed by atoms with Crippen molar-refractivity contribution < 1.29 is 0 Å². The van der Waals surface area contributed by atoms with Gasteiger partial charge in [-0.25, -0.2) is 0 Å². The Balaban J connectivity index is 1.89. The molecule has 2 aliphatic carbocycles. The second-order valence-corrected chi connectivity index (χ2v) is 5.99. The zero-order valence-electron chi connectivity index (χ0n) is 11.2. The normalized spacial score (nSPS) is 23.1. The van der Waals surface area contributed by atoms with Gasteiger partial charge in [-0.05, 0) is 44.1 Å². The standard InChI is InChI=1S/C14H28N2/c1-4-15-9-14(11(2)3)16(13-7-8-13)10-12-5-6-12/h11-15H,4-10H2,1-3H3. The van der Waals surface area contributed by atoms with Gasteiger partial charge in [-0.3, -0.25) is 4.90 Å². The van der Waals surface area contributed by atoms with Gasteiger partial charge >= 0.3 is 0 Å². The third kappa shape index (κ3) is 3.46. The summed E-state index contributed by atoms with van der Waals surface area (Å²) >= 11 is 0. The van der Waals surface area contributed by atoms with Crippen LogP contribution in [0, 0.1) is 11.8 Å². The summed E-state index contributed by atoms with van der Waals surface area (Å²) in [6.45, 7) is 10.6. The van der Waals surface area contributed by atoms with Crippen molar-refractivity contribution in [3.63, 3.8) is 0 Å². The summed E-state index contributed by atoms with van der Waals surface area (Å²) in [7, 11) is 0. The molecule has 2 fully saturated rings. The third-order valence-corrected chi connectivity index (χ3v) is 3.98. The summed E-state index contributed by atoms with van der Waals surface area (Å²) in [5.74, 6) is 1.81. The highest BCUT2D eigenvalue weighted by Crippen LogP contribution is 2.36. The van der Waals surface area contributed by atoms with Gasteiger partial charge in [0.25, 0.3) is 0 Å². The first kappa shape index (κ1) is 12.4. The molecule has 0 heterocycles. The van der Waals surface area contributed by atoms with Crippen LogP contribution in [0.25, 0.3) is 0 Å². The number of likely N-dealkylation sites (N-methyl/N-ethyl adjacent to an activating group) is 1. The fourth-order valence-electron chi connectivity index (χ4n) is 2.59. The number of nitrogens with zero attached hydrogens (tertiary/aromatic N) is 1. The van der Waals surface area contributed by atoms with Crippen LogP contribution in [0.2, 0.25) is 0 Å². The molecule has 94 valence electrons. The van der Waals surface area contributed by atoms with Crippen LogP contribution in [0.15, 0.2) is 0 Å². The van der Waals surface area contributed by atoms with Gasteiger partial charge in [-0.15, -0.1) is 0 Å². The molecular weight excluding hydrogens is 196 g/mol. The van der Waals surface area contributed by atoms with E-state index in [9.17, 15) is 0 Å². The average molecular weight is 224 g/mol. The quantitative estimate of drug-likeness (QED) is 0.681. The SMILES string of the molecule is CCNCC(C(C)C)N(CC1CC1)C1CC1. The Hall–Kier alpha value is -0.0800. The molecule has 0 spiro atoms. The molecule has 2 rings (SSSR count). The lowest BCUT2D eigenvalue weighted by molar-refractivity contribution is 0.136. The van der Waals surface area contributed by atoms with Crippen molar-refractivity contribution in [1.29, 1.82) is 0 Å².